The van der Waals surface area contributed by atoms with E-state index in [1.165, 1.54) is 12.1 Å². The second-order valence-electron chi connectivity index (χ2n) is 3.76. The number of ether oxygens (including phenoxy) is 1. The summed E-state index contributed by atoms with van der Waals surface area (Å²) in [5.74, 6) is -1.71. The molecular formula is C12H13ClO4S. The SMILES string of the molecule is CSc1c(C(=O)O)ccc(Cl)c1C(=O)OC(C)C. The molecule has 0 bridgehead atoms. The molecule has 4 nitrogen and oxygen atoms in total. The minimum absolute atomic E-state index is 0.0441. The van der Waals surface area contributed by atoms with Crippen LogP contribution in [-0.4, -0.2) is 29.4 Å². The molecule has 0 amide bonds. The molecule has 1 rings (SSSR count). The maximum atomic E-state index is 11.9. The fourth-order valence-corrected chi connectivity index (χ4v) is 2.47. The van der Waals surface area contributed by atoms with Crippen LogP contribution in [0.4, 0.5) is 0 Å². The summed E-state index contributed by atoms with van der Waals surface area (Å²) in [6, 6.07) is 2.77. The summed E-state index contributed by atoms with van der Waals surface area (Å²) in [6.45, 7) is 3.43. The Labute approximate surface area is 114 Å². The van der Waals surface area contributed by atoms with E-state index in [9.17, 15) is 9.59 Å². The molecule has 0 atom stereocenters. The Morgan fingerprint density at radius 2 is 2.00 bits per heavy atom. The smallest absolute Gasteiger partial charge is 0.341 e. The van der Waals surface area contributed by atoms with Crippen molar-refractivity contribution in [1.82, 2.24) is 0 Å². The van der Waals surface area contributed by atoms with E-state index in [1.807, 2.05) is 0 Å². The lowest BCUT2D eigenvalue weighted by atomic mass is 10.1. The third-order valence-corrected chi connectivity index (χ3v) is 3.24. The van der Waals surface area contributed by atoms with Gasteiger partial charge in [-0.2, -0.15) is 0 Å². The second-order valence-corrected chi connectivity index (χ2v) is 4.99. The first-order valence-electron chi connectivity index (χ1n) is 5.19. The number of carboxylic acids is 1. The summed E-state index contributed by atoms with van der Waals surface area (Å²) in [6.07, 6.45) is 1.39. The van der Waals surface area contributed by atoms with Gasteiger partial charge < -0.3 is 9.84 Å². The molecule has 0 radical (unpaired) electrons. The van der Waals surface area contributed by atoms with Crippen molar-refractivity contribution in [3.8, 4) is 0 Å². The largest absolute Gasteiger partial charge is 0.478 e. The van der Waals surface area contributed by atoms with Crippen molar-refractivity contribution >= 4 is 35.3 Å². The van der Waals surface area contributed by atoms with Gasteiger partial charge in [-0.25, -0.2) is 9.59 Å². The highest BCUT2D eigenvalue weighted by Crippen LogP contribution is 2.31. The average molecular weight is 289 g/mol. The van der Waals surface area contributed by atoms with Crippen LogP contribution in [0.1, 0.15) is 34.6 Å². The van der Waals surface area contributed by atoms with Gasteiger partial charge in [-0.15, -0.1) is 11.8 Å². The van der Waals surface area contributed by atoms with Gasteiger partial charge in [0.25, 0.3) is 0 Å². The van der Waals surface area contributed by atoms with Crippen LogP contribution < -0.4 is 0 Å². The number of carboxylic acid groups (broad SMARTS) is 1. The molecule has 1 aromatic carbocycles. The van der Waals surface area contributed by atoms with Gasteiger partial charge in [0.15, 0.2) is 0 Å². The summed E-state index contributed by atoms with van der Waals surface area (Å²) in [7, 11) is 0. The lowest BCUT2D eigenvalue weighted by Crippen LogP contribution is -2.14. The number of thioether (sulfide) groups is 1. The number of aromatic carboxylic acids is 1. The predicted molar refractivity (Wildman–Crippen MR) is 70.7 cm³/mol. The van der Waals surface area contributed by atoms with Gasteiger partial charge in [0.1, 0.15) is 0 Å². The zero-order chi connectivity index (χ0) is 13.9. The molecule has 0 aromatic heterocycles. The Morgan fingerprint density at radius 3 is 2.44 bits per heavy atom. The van der Waals surface area contributed by atoms with Crippen LogP contribution in [0, 0.1) is 0 Å². The number of esters is 1. The highest BCUT2D eigenvalue weighted by atomic mass is 35.5. The number of hydrogen-bond donors (Lipinski definition) is 1. The highest BCUT2D eigenvalue weighted by molar-refractivity contribution is 7.98. The molecule has 0 aliphatic heterocycles. The first-order chi connectivity index (χ1) is 8.38. The molecule has 1 N–H and O–H groups in total. The van der Waals surface area contributed by atoms with E-state index < -0.39 is 11.9 Å². The molecule has 0 heterocycles. The quantitative estimate of drug-likeness (QED) is 0.680. The van der Waals surface area contributed by atoms with Crippen molar-refractivity contribution in [2.45, 2.75) is 24.8 Å². The van der Waals surface area contributed by atoms with Gasteiger partial charge >= 0.3 is 11.9 Å². The van der Waals surface area contributed by atoms with Crippen molar-refractivity contribution in [2.75, 3.05) is 6.26 Å². The van der Waals surface area contributed by atoms with E-state index >= 15 is 0 Å². The second kappa shape index (κ2) is 6.11. The Morgan fingerprint density at radius 1 is 1.39 bits per heavy atom. The summed E-state index contributed by atoms with van der Waals surface area (Å²) in [5.41, 5.74) is 0.153. The molecule has 0 saturated carbocycles. The molecule has 0 aliphatic rings. The van der Waals surface area contributed by atoms with Crippen LogP contribution in [0.3, 0.4) is 0 Å². The van der Waals surface area contributed by atoms with Gasteiger partial charge in [0.2, 0.25) is 0 Å². The molecular weight excluding hydrogens is 276 g/mol. The van der Waals surface area contributed by atoms with E-state index in [2.05, 4.69) is 0 Å². The monoisotopic (exact) mass is 288 g/mol. The molecule has 6 heteroatoms. The van der Waals surface area contributed by atoms with E-state index in [0.29, 0.717) is 4.90 Å². The molecule has 1 aromatic rings. The topological polar surface area (TPSA) is 63.6 Å². The van der Waals surface area contributed by atoms with Crippen molar-refractivity contribution in [1.29, 1.82) is 0 Å². The zero-order valence-electron chi connectivity index (χ0n) is 10.2. The summed E-state index contributed by atoms with van der Waals surface area (Å²) < 4.78 is 5.06. The number of benzene rings is 1. The van der Waals surface area contributed by atoms with Gasteiger partial charge in [0.05, 0.1) is 22.3 Å². The lowest BCUT2D eigenvalue weighted by Gasteiger charge is -2.13. The Hall–Kier alpha value is -1.20. The van der Waals surface area contributed by atoms with Crippen LogP contribution >= 0.6 is 23.4 Å². The Kier molecular flexibility index (Phi) is 5.04. The normalized spacial score (nSPS) is 10.5. The van der Waals surface area contributed by atoms with E-state index in [1.54, 1.807) is 20.1 Å². The van der Waals surface area contributed by atoms with Crippen LogP contribution in [-0.2, 0) is 4.74 Å². The maximum Gasteiger partial charge on any atom is 0.341 e. The third-order valence-electron chi connectivity index (χ3n) is 2.09. The molecule has 18 heavy (non-hydrogen) atoms. The number of hydrogen-bond acceptors (Lipinski definition) is 4. The van der Waals surface area contributed by atoms with Gasteiger partial charge in [-0.1, -0.05) is 11.6 Å². The molecule has 0 unspecified atom stereocenters. The molecule has 98 valence electrons. The fourth-order valence-electron chi connectivity index (χ4n) is 1.40. The Bertz CT molecular complexity index is 485. The zero-order valence-corrected chi connectivity index (χ0v) is 11.8. The van der Waals surface area contributed by atoms with E-state index in [-0.39, 0.29) is 22.3 Å². The van der Waals surface area contributed by atoms with E-state index in [4.69, 9.17) is 21.4 Å². The fraction of sp³-hybridized carbons (Fsp3) is 0.333. The minimum atomic E-state index is -1.10. The standard InChI is InChI=1S/C12H13ClO4S/c1-6(2)17-12(16)9-8(13)5-4-7(11(14)15)10(9)18-3/h4-6H,1-3H3,(H,14,15). The number of carbonyl (C=O) groups is 2. The summed E-state index contributed by atoms with van der Waals surface area (Å²) >= 11 is 7.11. The molecule has 0 saturated heterocycles. The summed E-state index contributed by atoms with van der Waals surface area (Å²) in [5, 5.41) is 9.26. The van der Waals surface area contributed by atoms with Gasteiger partial charge in [-0.3, -0.25) is 0 Å². The summed E-state index contributed by atoms with van der Waals surface area (Å²) in [4.78, 5) is 23.3. The van der Waals surface area contributed by atoms with Crippen molar-refractivity contribution in [2.24, 2.45) is 0 Å². The first kappa shape index (κ1) is 14.9. The highest BCUT2D eigenvalue weighted by Gasteiger charge is 2.23. The Balaban J connectivity index is 3.36. The van der Waals surface area contributed by atoms with Crippen molar-refractivity contribution in [3.05, 3.63) is 28.3 Å². The van der Waals surface area contributed by atoms with E-state index in [0.717, 1.165) is 11.8 Å². The number of halogens is 1. The van der Waals surface area contributed by atoms with Crippen molar-refractivity contribution < 1.29 is 19.4 Å². The van der Waals surface area contributed by atoms with Crippen LogP contribution in [0.15, 0.2) is 17.0 Å². The minimum Gasteiger partial charge on any atom is -0.478 e. The maximum absolute atomic E-state index is 11.9. The average Bonchev–Trinajstić information content (AvgIpc) is 2.26. The van der Waals surface area contributed by atoms with Crippen LogP contribution in [0.25, 0.3) is 0 Å². The third kappa shape index (κ3) is 3.17. The number of carbonyl (C=O) groups excluding carboxylic acids is 1. The molecule has 0 spiro atoms. The van der Waals surface area contributed by atoms with Crippen LogP contribution in [0.5, 0.6) is 0 Å². The first-order valence-corrected chi connectivity index (χ1v) is 6.79. The van der Waals surface area contributed by atoms with Gasteiger partial charge in [0, 0.05) is 4.90 Å². The number of rotatable bonds is 4. The van der Waals surface area contributed by atoms with Crippen molar-refractivity contribution in [3.63, 3.8) is 0 Å². The van der Waals surface area contributed by atoms with Gasteiger partial charge in [-0.05, 0) is 32.2 Å². The molecule has 0 aliphatic carbocycles. The molecule has 0 fully saturated rings. The predicted octanol–water partition coefficient (Wildman–Crippen LogP) is 3.33. The van der Waals surface area contributed by atoms with Crippen LogP contribution in [0.2, 0.25) is 5.02 Å². The lowest BCUT2D eigenvalue weighted by molar-refractivity contribution is 0.0374.